The van der Waals surface area contributed by atoms with Gasteiger partial charge in [0.25, 0.3) is 0 Å². The van der Waals surface area contributed by atoms with E-state index >= 15 is 0 Å². The van der Waals surface area contributed by atoms with E-state index in [1.54, 1.807) is 0 Å². The summed E-state index contributed by atoms with van der Waals surface area (Å²) >= 11 is 0. The number of aliphatic hydroxyl groups excluding tert-OH is 2. The molecule has 0 aliphatic carbocycles. The third-order valence-corrected chi connectivity index (χ3v) is 10.4. The van der Waals surface area contributed by atoms with E-state index in [2.05, 4.69) is 53.9 Å². The van der Waals surface area contributed by atoms with Crippen LogP contribution in [0.1, 0.15) is 188 Å². The number of unbranched alkanes of at least 4 members (excludes halogenated alkanes) is 23. The van der Waals surface area contributed by atoms with Gasteiger partial charge in [0.05, 0.1) is 41.3 Å². The molecule has 0 spiro atoms. The molecule has 5 nitrogen and oxygen atoms in total. The highest BCUT2D eigenvalue weighted by Gasteiger charge is 2.26. The average molecular weight is 670 g/mol. The van der Waals surface area contributed by atoms with E-state index in [4.69, 9.17) is 0 Å². The zero-order valence-corrected chi connectivity index (χ0v) is 33.7. The van der Waals surface area contributed by atoms with Crippen molar-refractivity contribution in [2.45, 2.75) is 200 Å². The Hall–Kier alpha value is -0.200. The maximum Gasteiger partial charge on any atom is 0.115 e. The summed E-state index contributed by atoms with van der Waals surface area (Å²) in [7, 11) is 9.16. The topological polar surface area (TPSA) is 43.7 Å². The van der Waals surface area contributed by atoms with Gasteiger partial charge in [-0.2, -0.15) is 0 Å². The number of likely N-dealkylation sites (N-methyl/N-ethyl adjacent to an activating group) is 2. The third kappa shape index (κ3) is 32.7. The van der Waals surface area contributed by atoms with Crippen molar-refractivity contribution in [3.63, 3.8) is 0 Å². The molecule has 284 valence electrons. The molecule has 0 fully saturated rings. The number of hydrogen-bond acceptors (Lipinski definition) is 3. The van der Waals surface area contributed by atoms with Crippen LogP contribution < -0.4 is 0 Å². The fraction of sp³-hybridized carbons (Fsp3) is 1.00. The normalized spacial score (nSPS) is 13.9. The van der Waals surface area contributed by atoms with Crippen LogP contribution in [0.5, 0.6) is 0 Å². The van der Waals surface area contributed by atoms with Crippen LogP contribution in [-0.4, -0.2) is 110 Å². The lowest BCUT2D eigenvalue weighted by Crippen LogP contribution is -2.52. The predicted octanol–water partition coefficient (Wildman–Crippen LogP) is 10.4. The minimum Gasteiger partial charge on any atom is -0.386 e. The summed E-state index contributed by atoms with van der Waals surface area (Å²) in [6.45, 7) is 13.1. The smallest absolute Gasteiger partial charge is 0.115 e. The molecule has 0 aliphatic heterocycles. The van der Waals surface area contributed by atoms with Gasteiger partial charge in [0.2, 0.25) is 0 Å². The molecule has 47 heavy (non-hydrogen) atoms. The van der Waals surface area contributed by atoms with E-state index in [-0.39, 0.29) is 12.2 Å². The predicted molar refractivity (Wildman–Crippen MR) is 209 cm³/mol. The molecular formula is C42H91N3O2+2. The van der Waals surface area contributed by atoms with Crippen LogP contribution in [0.3, 0.4) is 0 Å². The fourth-order valence-corrected chi connectivity index (χ4v) is 7.46. The third-order valence-electron chi connectivity index (χ3n) is 10.4. The fourth-order valence-electron chi connectivity index (χ4n) is 7.46. The summed E-state index contributed by atoms with van der Waals surface area (Å²) in [5.74, 6) is 0. The molecule has 0 saturated heterocycles. The minimum absolute atomic E-state index is 0.352. The first-order valence-corrected chi connectivity index (χ1v) is 21.3. The lowest BCUT2D eigenvalue weighted by Gasteiger charge is -2.36. The standard InChI is InChI=1S/C42H91N3O2/c1-8-11-14-17-20-22-24-26-29-32-35-44(4,5)39-41(46)37-43(34-31-28-19-16-13-10-3)38-42(47)40-45(6,7)36-33-30-27-25-23-21-18-15-12-9-2/h41-42,46-47H,8-40H2,1-7H3/q+2. The van der Waals surface area contributed by atoms with Crippen LogP contribution in [0.25, 0.3) is 0 Å². The summed E-state index contributed by atoms with van der Waals surface area (Å²) in [5.41, 5.74) is 0. The highest BCUT2D eigenvalue weighted by molar-refractivity contribution is 4.70. The SMILES string of the molecule is CCCCCCCCCCCC[N+](C)(C)CC(O)CN(CCCCCCCC)CC(O)C[N+](C)(C)CCCCCCCCCCCC. The van der Waals surface area contributed by atoms with E-state index in [9.17, 15) is 10.2 Å². The van der Waals surface area contributed by atoms with Gasteiger partial charge in [-0.1, -0.05) is 156 Å². The van der Waals surface area contributed by atoms with Crippen LogP contribution >= 0.6 is 0 Å². The number of quaternary nitrogens is 2. The molecular weight excluding hydrogens is 578 g/mol. The van der Waals surface area contributed by atoms with E-state index in [1.165, 1.54) is 161 Å². The molecule has 0 rings (SSSR count). The summed E-state index contributed by atoms with van der Waals surface area (Å²) in [5, 5.41) is 22.5. The Labute approximate surface area is 297 Å². The first-order chi connectivity index (χ1) is 22.5. The molecule has 0 saturated carbocycles. The van der Waals surface area contributed by atoms with Gasteiger partial charge in [-0.15, -0.1) is 0 Å². The molecule has 2 N–H and O–H groups in total. The average Bonchev–Trinajstić information content (AvgIpc) is 3.00. The Bertz CT molecular complexity index is 595. The van der Waals surface area contributed by atoms with Crippen molar-refractivity contribution < 1.29 is 19.2 Å². The van der Waals surface area contributed by atoms with Crippen LogP contribution in [0.15, 0.2) is 0 Å². The maximum absolute atomic E-state index is 11.3. The van der Waals surface area contributed by atoms with Gasteiger partial charge in [-0.25, -0.2) is 0 Å². The zero-order chi connectivity index (χ0) is 35.1. The quantitative estimate of drug-likeness (QED) is 0.0511. The van der Waals surface area contributed by atoms with E-state index in [0.717, 1.165) is 48.1 Å². The number of aliphatic hydroxyl groups is 2. The van der Waals surface area contributed by atoms with Gasteiger partial charge in [0.1, 0.15) is 25.3 Å². The van der Waals surface area contributed by atoms with E-state index in [1.807, 2.05) is 0 Å². The summed E-state index contributed by atoms with van der Waals surface area (Å²) in [6.07, 6.45) is 34.3. The van der Waals surface area contributed by atoms with E-state index in [0.29, 0.717) is 13.1 Å². The van der Waals surface area contributed by atoms with Crippen molar-refractivity contribution >= 4 is 0 Å². The Morgan fingerprint density at radius 1 is 0.383 bits per heavy atom. The molecule has 0 aromatic heterocycles. The van der Waals surface area contributed by atoms with Crippen molar-refractivity contribution in [2.24, 2.45) is 0 Å². The molecule has 0 bridgehead atoms. The molecule has 0 aromatic rings. The number of nitrogens with zero attached hydrogens (tertiary/aromatic N) is 3. The lowest BCUT2D eigenvalue weighted by atomic mass is 10.1. The van der Waals surface area contributed by atoms with Crippen LogP contribution in [0, 0.1) is 0 Å². The second-order valence-corrected chi connectivity index (χ2v) is 16.9. The highest BCUT2D eigenvalue weighted by Crippen LogP contribution is 2.15. The minimum atomic E-state index is -0.352. The van der Waals surface area contributed by atoms with Crippen LogP contribution in [-0.2, 0) is 0 Å². The Morgan fingerprint density at radius 2 is 0.638 bits per heavy atom. The van der Waals surface area contributed by atoms with Crippen LogP contribution in [0.4, 0.5) is 0 Å². The summed E-state index contributed by atoms with van der Waals surface area (Å²) in [6, 6.07) is 0. The van der Waals surface area contributed by atoms with Gasteiger partial charge in [0, 0.05) is 13.1 Å². The molecule has 0 amide bonds. The van der Waals surface area contributed by atoms with Crippen molar-refractivity contribution in [1.29, 1.82) is 0 Å². The van der Waals surface area contributed by atoms with Gasteiger partial charge in [-0.05, 0) is 38.6 Å². The zero-order valence-electron chi connectivity index (χ0n) is 33.7. The molecule has 5 heteroatoms. The lowest BCUT2D eigenvalue weighted by molar-refractivity contribution is -0.893. The first-order valence-electron chi connectivity index (χ1n) is 21.3. The van der Waals surface area contributed by atoms with Gasteiger partial charge in [0.15, 0.2) is 0 Å². The summed E-state index contributed by atoms with van der Waals surface area (Å²) < 4.78 is 1.77. The molecule has 0 aliphatic rings. The molecule has 0 heterocycles. The Kier molecular flexibility index (Phi) is 31.6. The maximum atomic E-state index is 11.3. The van der Waals surface area contributed by atoms with Gasteiger partial charge >= 0.3 is 0 Å². The van der Waals surface area contributed by atoms with Gasteiger partial charge in [-0.3, -0.25) is 4.90 Å². The molecule has 2 atom stereocenters. The highest BCUT2D eigenvalue weighted by atomic mass is 16.3. The van der Waals surface area contributed by atoms with Crippen molar-refractivity contribution in [2.75, 3.05) is 74.0 Å². The van der Waals surface area contributed by atoms with E-state index < -0.39 is 0 Å². The Morgan fingerprint density at radius 3 is 0.936 bits per heavy atom. The Balaban J connectivity index is 4.57. The molecule has 2 unspecified atom stereocenters. The monoisotopic (exact) mass is 670 g/mol. The molecule has 0 aromatic carbocycles. The number of rotatable bonds is 37. The number of hydrogen-bond donors (Lipinski definition) is 2. The second-order valence-electron chi connectivity index (χ2n) is 16.9. The van der Waals surface area contributed by atoms with Crippen molar-refractivity contribution in [3.8, 4) is 0 Å². The van der Waals surface area contributed by atoms with Crippen molar-refractivity contribution in [1.82, 2.24) is 4.90 Å². The second kappa shape index (κ2) is 31.8. The first kappa shape index (κ1) is 46.8. The van der Waals surface area contributed by atoms with Crippen molar-refractivity contribution in [3.05, 3.63) is 0 Å². The van der Waals surface area contributed by atoms with Gasteiger partial charge < -0.3 is 19.2 Å². The molecule has 0 radical (unpaired) electrons. The summed E-state index contributed by atoms with van der Waals surface area (Å²) in [4.78, 5) is 2.39. The van der Waals surface area contributed by atoms with Crippen LogP contribution in [0.2, 0.25) is 0 Å². The largest absolute Gasteiger partial charge is 0.386 e.